The third-order valence-corrected chi connectivity index (χ3v) is 5.54. The fourth-order valence-corrected chi connectivity index (χ4v) is 4.11. The van der Waals surface area contributed by atoms with E-state index >= 15 is 0 Å². The summed E-state index contributed by atoms with van der Waals surface area (Å²) in [4.78, 5) is 23.3. The van der Waals surface area contributed by atoms with Crippen molar-refractivity contribution in [3.63, 3.8) is 0 Å². The van der Waals surface area contributed by atoms with Gasteiger partial charge in [0.25, 0.3) is 0 Å². The molecular weight excluding hydrogens is 385 g/mol. The monoisotopic (exact) mass is 415 g/mol. The molecule has 0 aromatic heterocycles. The molecule has 0 spiro atoms. The van der Waals surface area contributed by atoms with Crippen molar-refractivity contribution in [3.05, 3.63) is 35.4 Å². The quantitative estimate of drug-likeness (QED) is 0.556. The number of hydrogen-bond acceptors (Lipinski definition) is 6. The van der Waals surface area contributed by atoms with Crippen molar-refractivity contribution < 1.29 is 33.0 Å². The second kappa shape index (κ2) is 10.6. The van der Waals surface area contributed by atoms with Crippen LogP contribution in [0.25, 0.3) is 0 Å². The number of rotatable bonds is 10. The molecule has 0 heterocycles. The number of aliphatic carboxylic acids is 1. The molecule has 8 nitrogen and oxygen atoms in total. The van der Waals surface area contributed by atoms with Crippen LogP contribution in [0.15, 0.2) is 24.3 Å². The van der Waals surface area contributed by atoms with Crippen molar-refractivity contribution in [3.8, 4) is 0 Å². The molecule has 0 bridgehead atoms. The third kappa shape index (κ3) is 8.87. The zero-order valence-corrected chi connectivity index (χ0v) is 18.0. The number of carbonyl (C=O) groups is 2. The molecule has 1 amide bonds. The number of carbonyl (C=O) groups excluding carboxylic acids is 1. The molecule has 0 aliphatic carbocycles. The molecule has 1 aromatic rings. The number of nitrogens with one attached hydrogen (secondary N) is 1. The fraction of sp³-hybridized carbons (Fsp3) is 0.579. The van der Waals surface area contributed by atoms with Gasteiger partial charge in [-0.05, 0) is 45.7 Å². The van der Waals surface area contributed by atoms with Gasteiger partial charge in [0.05, 0.1) is 19.4 Å². The summed E-state index contributed by atoms with van der Waals surface area (Å²) in [5.74, 6) is -1.16. The molecule has 28 heavy (non-hydrogen) atoms. The zero-order chi connectivity index (χ0) is 21.4. The maximum Gasteiger partial charge on any atom is 0.408 e. The standard InChI is InChI=1S/C19H30NO7P/c1-6-25-28(24,26-7-2)13-15-10-8-14(9-11-15)12-16(17(21)22)20-18(23)27-19(3,4)5/h8-11,16H,6-7,12-13H2,1-5H3,(H,20,23)(H,21,22)/t16-/m0/s1. The Balaban J connectivity index is 2.79. The van der Waals surface area contributed by atoms with Gasteiger partial charge in [0.1, 0.15) is 11.6 Å². The predicted molar refractivity (Wildman–Crippen MR) is 106 cm³/mol. The summed E-state index contributed by atoms with van der Waals surface area (Å²) in [5.41, 5.74) is 0.736. The lowest BCUT2D eigenvalue weighted by Crippen LogP contribution is -2.44. The van der Waals surface area contributed by atoms with E-state index in [1.807, 2.05) is 0 Å². The first-order valence-electron chi connectivity index (χ1n) is 9.16. The van der Waals surface area contributed by atoms with Crippen LogP contribution in [-0.2, 0) is 35.7 Å². The van der Waals surface area contributed by atoms with Gasteiger partial charge in [0, 0.05) is 6.42 Å². The van der Waals surface area contributed by atoms with E-state index in [2.05, 4.69) is 5.32 Å². The highest BCUT2D eigenvalue weighted by Crippen LogP contribution is 2.51. The highest BCUT2D eigenvalue weighted by atomic mass is 31.2. The fourth-order valence-electron chi connectivity index (χ4n) is 2.41. The average molecular weight is 415 g/mol. The number of benzene rings is 1. The lowest BCUT2D eigenvalue weighted by Gasteiger charge is -2.22. The van der Waals surface area contributed by atoms with E-state index < -0.39 is 31.3 Å². The Morgan fingerprint density at radius 2 is 1.57 bits per heavy atom. The van der Waals surface area contributed by atoms with Gasteiger partial charge in [-0.25, -0.2) is 9.59 Å². The molecule has 0 saturated carbocycles. The Morgan fingerprint density at radius 3 is 2.00 bits per heavy atom. The predicted octanol–water partition coefficient (Wildman–Crippen LogP) is 3.97. The second-order valence-corrected chi connectivity index (χ2v) is 9.22. The molecule has 1 aromatic carbocycles. The highest BCUT2D eigenvalue weighted by molar-refractivity contribution is 7.53. The smallest absolute Gasteiger partial charge is 0.408 e. The van der Waals surface area contributed by atoms with Crippen LogP contribution in [0, 0.1) is 0 Å². The molecule has 0 saturated heterocycles. The first-order valence-corrected chi connectivity index (χ1v) is 10.9. The van der Waals surface area contributed by atoms with E-state index in [0.29, 0.717) is 5.56 Å². The van der Waals surface area contributed by atoms with Crippen molar-refractivity contribution in [2.24, 2.45) is 0 Å². The van der Waals surface area contributed by atoms with Crippen molar-refractivity contribution in [1.82, 2.24) is 5.32 Å². The minimum absolute atomic E-state index is 0.0867. The molecule has 0 fully saturated rings. The van der Waals surface area contributed by atoms with Gasteiger partial charge < -0.3 is 24.2 Å². The minimum atomic E-state index is -3.21. The topological polar surface area (TPSA) is 111 Å². The maximum absolute atomic E-state index is 12.6. The Kier molecular flexibility index (Phi) is 9.14. The first kappa shape index (κ1) is 24.1. The summed E-state index contributed by atoms with van der Waals surface area (Å²) in [7, 11) is -3.21. The number of amides is 1. The van der Waals surface area contributed by atoms with Crippen LogP contribution in [0.4, 0.5) is 4.79 Å². The Hall–Kier alpha value is -1.89. The zero-order valence-electron chi connectivity index (χ0n) is 17.1. The molecule has 1 atom stereocenters. The van der Waals surface area contributed by atoms with Gasteiger partial charge >= 0.3 is 19.7 Å². The number of carboxylic acid groups (broad SMARTS) is 1. The van der Waals surface area contributed by atoms with Crippen LogP contribution >= 0.6 is 7.60 Å². The molecule has 158 valence electrons. The summed E-state index contributed by atoms with van der Waals surface area (Å²) in [5, 5.41) is 11.7. The second-order valence-electron chi connectivity index (χ2n) is 7.16. The number of carboxylic acids is 1. The van der Waals surface area contributed by atoms with Gasteiger partial charge in [-0.2, -0.15) is 0 Å². The van der Waals surface area contributed by atoms with Crippen molar-refractivity contribution in [2.75, 3.05) is 13.2 Å². The Morgan fingerprint density at radius 1 is 1.07 bits per heavy atom. The van der Waals surface area contributed by atoms with Gasteiger partial charge in [-0.3, -0.25) is 4.57 Å². The molecular formula is C19H30NO7P. The van der Waals surface area contributed by atoms with Gasteiger partial charge in [-0.15, -0.1) is 0 Å². The molecule has 0 radical (unpaired) electrons. The van der Waals surface area contributed by atoms with E-state index in [1.54, 1.807) is 58.9 Å². The lowest BCUT2D eigenvalue weighted by atomic mass is 10.0. The third-order valence-electron chi connectivity index (χ3n) is 3.48. The van der Waals surface area contributed by atoms with E-state index in [1.165, 1.54) is 0 Å². The van der Waals surface area contributed by atoms with Crippen LogP contribution in [-0.4, -0.2) is 42.0 Å². The van der Waals surface area contributed by atoms with Crippen LogP contribution in [0.1, 0.15) is 45.7 Å². The average Bonchev–Trinajstić information content (AvgIpc) is 2.54. The largest absolute Gasteiger partial charge is 0.480 e. The van der Waals surface area contributed by atoms with Crippen LogP contribution in [0.2, 0.25) is 0 Å². The van der Waals surface area contributed by atoms with Crippen LogP contribution < -0.4 is 5.32 Å². The normalized spacial score (nSPS) is 13.0. The summed E-state index contributed by atoms with van der Waals surface area (Å²) in [6.45, 7) is 9.16. The summed E-state index contributed by atoms with van der Waals surface area (Å²) in [6.07, 6.45) is -0.567. The van der Waals surface area contributed by atoms with Gasteiger partial charge in [0.2, 0.25) is 0 Å². The molecule has 0 aliphatic heterocycles. The molecule has 9 heteroatoms. The summed E-state index contributed by atoms with van der Waals surface area (Å²) < 4.78 is 28.2. The molecule has 0 aliphatic rings. The maximum atomic E-state index is 12.6. The van der Waals surface area contributed by atoms with Crippen molar-refractivity contribution >= 4 is 19.7 Å². The van der Waals surface area contributed by atoms with E-state index in [4.69, 9.17) is 13.8 Å². The Labute approximate surface area is 166 Å². The van der Waals surface area contributed by atoms with E-state index in [0.717, 1.165) is 5.56 Å². The van der Waals surface area contributed by atoms with Gasteiger partial charge in [-0.1, -0.05) is 24.3 Å². The van der Waals surface area contributed by atoms with Crippen LogP contribution in [0.3, 0.4) is 0 Å². The number of hydrogen-bond donors (Lipinski definition) is 2. The Bertz CT molecular complexity index is 687. The molecule has 0 unspecified atom stereocenters. The lowest BCUT2D eigenvalue weighted by molar-refractivity contribution is -0.139. The minimum Gasteiger partial charge on any atom is -0.480 e. The van der Waals surface area contributed by atoms with Crippen molar-refractivity contribution in [1.29, 1.82) is 0 Å². The van der Waals surface area contributed by atoms with Gasteiger partial charge in [0.15, 0.2) is 0 Å². The van der Waals surface area contributed by atoms with Crippen molar-refractivity contribution in [2.45, 2.75) is 58.8 Å². The van der Waals surface area contributed by atoms with Crippen LogP contribution in [0.5, 0.6) is 0 Å². The SMILES string of the molecule is CCOP(=O)(Cc1ccc(C[C@H](NC(=O)OC(C)(C)C)C(=O)O)cc1)OCC. The van der Waals surface area contributed by atoms with E-state index in [9.17, 15) is 19.3 Å². The first-order chi connectivity index (χ1) is 13.0. The number of ether oxygens (including phenoxy) is 1. The highest BCUT2D eigenvalue weighted by Gasteiger charge is 2.26. The summed E-state index contributed by atoms with van der Waals surface area (Å²) in [6, 6.07) is 5.81. The van der Waals surface area contributed by atoms with E-state index in [-0.39, 0.29) is 25.8 Å². The molecule has 2 N–H and O–H groups in total. The number of alkyl carbamates (subject to hydrolysis) is 1. The molecule has 1 rings (SSSR count). The summed E-state index contributed by atoms with van der Waals surface area (Å²) >= 11 is 0.